The van der Waals surface area contributed by atoms with Crippen molar-refractivity contribution >= 4 is 17.2 Å². The maximum absolute atomic E-state index is 12.2. The molecule has 0 saturated carbocycles. The van der Waals surface area contributed by atoms with Crippen molar-refractivity contribution in [3.8, 4) is 0 Å². The number of piperidine rings is 1. The first-order valence-corrected chi connectivity index (χ1v) is 9.30. The average molecular weight is 307 g/mol. The molecule has 1 fully saturated rings. The Kier molecular flexibility index (Phi) is 4.96. The summed E-state index contributed by atoms with van der Waals surface area (Å²) < 4.78 is 0. The predicted molar refractivity (Wildman–Crippen MR) is 87.3 cm³/mol. The molecule has 4 heteroatoms. The van der Waals surface area contributed by atoms with Crippen LogP contribution in [0.3, 0.4) is 0 Å². The van der Waals surface area contributed by atoms with E-state index in [9.17, 15) is 4.79 Å². The van der Waals surface area contributed by atoms with Gasteiger partial charge >= 0.3 is 0 Å². The molecule has 0 radical (unpaired) electrons. The SMILES string of the molecule is C[C@@H]1CCCC[NH+]1CCCNC(=O)c1cc2c(s1)CCC2. The Morgan fingerprint density at radius 3 is 3.10 bits per heavy atom. The van der Waals surface area contributed by atoms with Gasteiger partial charge < -0.3 is 10.2 Å². The highest BCUT2D eigenvalue weighted by Gasteiger charge is 2.21. The molecule has 2 N–H and O–H groups in total. The van der Waals surface area contributed by atoms with Crippen molar-refractivity contribution in [1.82, 2.24) is 5.32 Å². The average Bonchev–Trinajstić information content (AvgIpc) is 3.06. The standard InChI is InChI=1S/C17H26N2OS/c1-13-6-2-3-10-19(13)11-5-9-18-17(20)16-12-14-7-4-8-15(14)21-16/h12-13H,2-11H2,1H3,(H,18,20)/p+1/t13-/m1/s1. The number of aryl methyl sites for hydroxylation is 2. The van der Waals surface area contributed by atoms with Gasteiger partial charge in [0.05, 0.1) is 24.0 Å². The first kappa shape index (κ1) is 15.0. The van der Waals surface area contributed by atoms with Crippen LogP contribution in [0.15, 0.2) is 6.07 Å². The quantitative estimate of drug-likeness (QED) is 0.799. The van der Waals surface area contributed by atoms with E-state index in [2.05, 4.69) is 18.3 Å². The fourth-order valence-corrected chi connectivity index (χ4v) is 4.84. The normalized spacial score (nSPS) is 24.8. The molecule has 3 rings (SSSR count). The van der Waals surface area contributed by atoms with Gasteiger partial charge in [-0.1, -0.05) is 0 Å². The summed E-state index contributed by atoms with van der Waals surface area (Å²) >= 11 is 1.70. The van der Waals surface area contributed by atoms with Crippen LogP contribution in [0.5, 0.6) is 0 Å². The van der Waals surface area contributed by atoms with E-state index < -0.39 is 0 Å². The van der Waals surface area contributed by atoms with E-state index in [1.807, 2.05) is 0 Å². The summed E-state index contributed by atoms with van der Waals surface area (Å²) in [6.07, 6.45) is 8.81. The highest BCUT2D eigenvalue weighted by atomic mass is 32.1. The zero-order valence-corrected chi connectivity index (χ0v) is 13.9. The topological polar surface area (TPSA) is 33.5 Å². The summed E-state index contributed by atoms with van der Waals surface area (Å²) in [5, 5.41) is 3.10. The predicted octanol–water partition coefficient (Wildman–Crippen LogP) is 1.81. The Morgan fingerprint density at radius 2 is 2.29 bits per heavy atom. The van der Waals surface area contributed by atoms with Gasteiger partial charge in [-0.25, -0.2) is 0 Å². The Hall–Kier alpha value is -0.870. The number of carbonyl (C=O) groups excluding carboxylic acids is 1. The van der Waals surface area contributed by atoms with Gasteiger partial charge in [-0.05, 0) is 57.1 Å². The second-order valence-electron chi connectivity index (χ2n) is 6.58. The lowest BCUT2D eigenvalue weighted by molar-refractivity contribution is -0.928. The molecule has 21 heavy (non-hydrogen) atoms. The molecular weight excluding hydrogens is 280 g/mol. The minimum Gasteiger partial charge on any atom is -0.351 e. The molecule has 0 spiro atoms. The minimum absolute atomic E-state index is 0.135. The van der Waals surface area contributed by atoms with Gasteiger partial charge in [0, 0.05) is 17.8 Å². The molecule has 1 amide bonds. The van der Waals surface area contributed by atoms with Crippen molar-refractivity contribution in [1.29, 1.82) is 0 Å². The van der Waals surface area contributed by atoms with Crippen LogP contribution in [-0.2, 0) is 12.8 Å². The lowest BCUT2D eigenvalue weighted by atomic mass is 10.0. The molecule has 0 bridgehead atoms. The van der Waals surface area contributed by atoms with Crippen LogP contribution in [0.1, 0.15) is 59.1 Å². The Bertz CT molecular complexity index is 475. The molecule has 116 valence electrons. The number of hydrogen-bond acceptors (Lipinski definition) is 2. The molecule has 1 unspecified atom stereocenters. The minimum atomic E-state index is 0.135. The zero-order chi connectivity index (χ0) is 14.7. The second kappa shape index (κ2) is 6.93. The van der Waals surface area contributed by atoms with Gasteiger partial charge in [0.25, 0.3) is 5.91 Å². The van der Waals surface area contributed by atoms with E-state index in [1.54, 1.807) is 16.2 Å². The van der Waals surface area contributed by atoms with Crippen LogP contribution in [0, 0.1) is 0 Å². The van der Waals surface area contributed by atoms with E-state index in [1.165, 1.54) is 55.6 Å². The largest absolute Gasteiger partial charge is 0.351 e. The van der Waals surface area contributed by atoms with E-state index in [0.29, 0.717) is 0 Å². The highest BCUT2D eigenvalue weighted by molar-refractivity contribution is 7.14. The summed E-state index contributed by atoms with van der Waals surface area (Å²) in [6, 6.07) is 2.91. The van der Waals surface area contributed by atoms with Gasteiger partial charge in [-0.2, -0.15) is 0 Å². The van der Waals surface area contributed by atoms with Crippen molar-refractivity contribution in [2.75, 3.05) is 19.6 Å². The third-order valence-electron chi connectivity index (χ3n) is 5.01. The van der Waals surface area contributed by atoms with Crippen LogP contribution in [0.4, 0.5) is 0 Å². The number of carbonyl (C=O) groups is 1. The maximum Gasteiger partial charge on any atom is 0.261 e. The molecule has 0 aromatic carbocycles. The highest BCUT2D eigenvalue weighted by Crippen LogP contribution is 2.30. The van der Waals surface area contributed by atoms with Crippen LogP contribution >= 0.6 is 11.3 Å². The molecule has 1 aromatic rings. The Labute approximate surface area is 131 Å². The monoisotopic (exact) mass is 307 g/mol. The number of quaternary nitrogens is 1. The molecule has 2 atom stereocenters. The molecule has 1 aromatic heterocycles. The summed E-state index contributed by atoms with van der Waals surface area (Å²) in [4.78, 5) is 16.2. The zero-order valence-electron chi connectivity index (χ0n) is 13.0. The molecule has 3 nitrogen and oxygen atoms in total. The van der Waals surface area contributed by atoms with Crippen LogP contribution in [0.2, 0.25) is 0 Å². The molecule has 1 aliphatic heterocycles. The Balaban J connectivity index is 1.39. The number of amides is 1. The fourth-order valence-electron chi connectivity index (χ4n) is 3.67. The van der Waals surface area contributed by atoms with Crippen molar-refractivity contribution in [2.24, 2.45) is 0 Å². The molecule has 2 heterocycles. The van der Waals surface area contributed by atoms with Gasteiger partial charge in [0.2, 0.25) is 0 Å². The molecular formula is C17H27N2OS+. The number of thiophene rings is 1. The van der Waals surface area contributed by atoms with Gasteiger partial charge in [0.15, 0.2) is 0 Å². The lowest BCUT2D eigenvalue weighted by Crippen LogP contribution is -3.16. The first-order chi connectivity index (χ1) is 10.2. The lowest BCUT2D eigenvalue weighted by Gasteiger charge is -2.30. The molecule has 1 saturated heterocycles. The van der Waals surface area contributed by atoms with E-state index in [-0.39, 0.29) is 5.91 Å². The number of likely N-dealkylation sites (tertiary alicyclic amines) is 1. The van der Waals surface area contributed by atoms with Crippen molar-refractivity contribution in [2.45, 2.75) is 57.9 Å². The summed E-state index contributed by atoms with van der Waals surface area (Å²) in [7, 11) is 0. The summed E-state index contributed by atoms with van der Waals surface area (Å²) in [5.41, 5.74) is 1.41. The van der Waals surface area contributed by atoms with Crippen molar-refractivity contribution < 1.29 is 9.69 Å². The third kappa shape index (κ3) is 3.67. The maximum atomic E-state index is 12.2. The first-order valence-electron chi connectivity index (χ1n) is 8.48. The summed E-state index contributed by atoms with van der Waals surface area (Å²) in [6.45, 7) is 5.69. The number of rotatable bonds is 5. The van der Waals surface area contributed by atoms with Crippen molar-refractivity contribution in [3.63, 3.8) is 0 Å². The fraction of sp³-hybridized carbons (Fsp3) is 0.706. The summed E-state index contributed by atoms with van der Waals surface area (Å²) in [5.74, 6) is 0.135. The van der Waals surface area contributed by atoms with E-state index >= 15 is 0 Å². The smallest absolute Gasteiger partial charge is 0.261 e. The number of nitrogens with one attached hydrogen (secondary N) is 2. The third-order valence-corrected chi connectivity index (χ3v) is 6.25. The number of hydrogen-bond donors (Lipinski definition) is 2. The van der Waals surface area contributed by atoms with E-state index in [0.717, 1.165) is 30.3 Å². The van der Waals surface area contributed by atoms with Gasteiger partial charge in [-0.3, -0.25) is 4.79 Å². The number of fused-ring (bicyclic) bond motifs is 1. The molecule has 2 aliphatic rings. The van der Waals surface area contributed by atoms with Crippen LogP contribution in [0.25, 0.3) is 0 Å². The molecule has 1 aliphatic carbocycles. The van der Waals surface area contributed by atoms with E-state index in [4.69, 9.17) is 0 Å². The second-order valence-corrected chi connectivity index (χ2v) is 7.71. The van der Waals surface area contributed by atoms with Crippen LogP contribution < -0.4 is 10.2 Å². The van der Waals surface area contributed by atoms with Crippen molar-refractivity contribution in [3.05, 3.63) is 21.4 Å². The van der Waals surface area contributed by atoms with Gasteiger partial charge in [-0.15, -0.1) is 11.3 Å². The van der Waals surface area contributed by atoms with Crippen LogP contribution in [-0.4, -0.2) is 31.6 Å². The van der Waals surface area contributed by atoms with Gasteiger partial charge in [0.1, 0.15) is 0 Å². The Morgan fingerprint density at radius 1 is 1.38 bits per heavy atom.